The SMILES string of the molecule is Cc1ccc(CN2C(=O)C(O)=C(c3ccc(C)cc3)[C@H]2c2cccc(Br)c2)cc1. The molecule has 0 aromatic heterocycles. The molecule has 1 aliphatic rings. The van der Waals surface area contributed by atoms with Crippen molar-refractivity contribution in [3.05, 3.63) is 111 Å². The minimum absolute atomic E-state index is 0.175. The number of aryl methyl sites for hydroxylation is 2. The Kier molecular flexibility index (Phi) is 5.29. The van der Waals surface area contributed by atoms with E-state index < -0.39 is 0 Å². The fraction of sp³-hybridized carbons (Fsp3) is 0.160. The fourth-order valence-corrected chi connectivity index (χ4v) is 4.18. The van der Waals surface area contributed by atoms with Crippen LogP contribution in [0.15, 0.2) is 83.0 Å². The van der Waals surface area contributed by atoms with Crippen molar-refractivity contribution in [3.8, 4) is 0 Å². The monoisotopic (exact) mass is 447 g/mol. The maximum atomic E-state index is 13.1. The van der Waals surface area contributed by atoms with E-state index in [1.54, 1.807) is 4.90 Å². The Bertz CT molecular complexity index is 1080. The first-order valence-corrected chi connectivity index (χ1v) is 10.4. The average molecular weight is 448 g/mol. The number of carbonyl (C=O) groups is 1. The van der Waals surface area contributed by atoms with E-state index in [9.17, 15) is 9.90 Å². The van der Waals surface area contributed by atoms with E-state index in [0.717, 1.165) is 26.7 Å². The summed E-state index contributed by atoms with van der Waals surface area (Å²) >= 11 is 3.54. The van der Waals surface area contributed by atoms with Gasteiger partial charge in [-0.25, -0.2) is 0 Å². The van der Waals surface area contributed by atoms with Gasteiger partial charge in [0, 0.05) is 16.6 Å². The average Bonchev–Trinajstić information content (AvgIpc) is 2.95. The van der Waals surface area contributed by atoms with Crippen molar-refractivity contribution >= 4 is 27.4 Å². The van der Waals surface area contributed by atoms with Crippen LogP contribution in [0.25, 0.3) is 5.57 Å². The Labute approximate surface area is 179 Å². The van der Waals surface area contributed by atoms with E-state index in [-0.39, 0.29) is 17.7 Å². The van der Waals surface area contributed by atoms with E-state index in [2.05, 4.69) is 15.9 Å². The quantitative estimate of drug-likeness (QED) is 0.523. The molecule has 0 bridgehead atoms. The molecule has 0 saturated carbocycles. The van der Waals surface area contributed by atoms with Crippen LogP contribution in [0, 0.1) is 13.8 Å². The van der Waals surface area contributed by atoms with E-state index >= 15 is 0 Å². The number of amides is 1. The molecular weight excluding hydrogens is 426 g/mol. The number of benzene rings is 3. The standard InChI is InChI=1S/C25H22BrNO2/c1-16-6-10-18(11-7-16)15-27-23(20-4-3-5-21(26)14-20)22(24(28)25(27)29)19-12-8-17(2)9-13-19/h3-14,23,28H,15H2,1-2H3/t23-/m1/s1. The lowest BCUT2D eigenvalue weighted by Gasteiger charge is -2.28. The highest BCUT2D eigenvalue weighted by atomic mass is 79.9. The maximum absolute atomic E-state index is 13.1. The van der Waals surface area contributed by atoms with Gasteiger partial charge in [0.25, 0.3) is 5.91 Å². The highest BCUT2D eigenvalue weighted by molar-refractivity contribution is 9.10. The summed E-state index contributed by atoms with van der Waals surface area (Å²) in [5.74, 6) is -0.517. The zero-order chi connectivity index (χ0) is 20.5. The van der Waals surface area contributed by atoms with Crippen molar-refractivity contribution < 1.29 is 9.90 Å². The number of aliphatic hydroxyl groups excluding tert-OH is 1. The van der Waals surface area contributed by atoms with Crippen LogP contribution < -0.4 is 0 Å². The van der Waals surface area contributed by atoms with Gasteiger partial charge in [0.2, 0.25) is 0 Å². The zero-order valence-electron chi connectivity index (χ0n) is 16.4. The summed E-state index contributed by atoms with van der Waals surface area (Å²) in [5.41, 5.74) is 5.81. The van der Waals surface area contributed by atoms with Crippen LogP contribution in [0.5, 0.6) is 0 Å². The van der Waals surface area contributed by atoms with Gasteiger partial charge >= 0.3 is 0 Å². The molecule has 4 rings (SSSR count). The first kappa shape index (κ1) is 19.5. The molecule has 146 valence electrons. The summed E-state index contributed by atoms with van der Waals surface area (Å²) in [4.78, 5) is 14.8. The Hall–Kier alpha value is -2.85. The predicted molar refractivity (Wildman–Crippen MR) is 119 cm³/mol. The van der Waals surface area contributed by atoms with Gasteiger partial charge in [0.15, 0.2) is 5.76 Å². The van der Waals surface area contributed by atoms with Crippen LogP contribution in [0.2, 0.25) is 0 Å². The third-order valence-corrected chi connectivity index (χ3v) is 5.80. The molecule has 0 unspecified atom stereocenters. The van der Waals surface area contributed by atoms with Crippen molar-refractivity contribution in [1.82, 2.24) is 4.90 Å². The molecule has 1 heterocycles. The number of hydrogen-bond donors (Lipinski definition) is 1. The van der Waals surface area contributed by atoms with Crippen LogP contribution in [0.3, 0.4) is 0 Å². The minimum atomic E-state index is -0.357. The molecule has 0 spiro atoms. The Balaban J connectivity index is 1.81. The second-order valence-electron chi connectivity index (χ2n) is 7.50. The molecule has 1 aliphatic heterocycles. The van der Waals surface area contributed by atoms with Gasteiger partial charge in [-0.2, -0.15) is 0 Å². The fourth-order valence-electron chi connectivity index (χ4n) is 3.76. The molecule has 1 atom stereocenters. The maximum Gasteiger partial charge on any atom is 0.290 e. The van der Waals surface area contributed by atoms with Gasteiger partial charge < -0.3 is 10.0 Å². The summed E-state index contributed by atoms with van der Waals surface area (Å²) in [6, 6.07) is 23.6. The lowest BCUT2D eigenvalue weighted by molar-refractivity contribution is -0.130. The van der Waals surface area contributed by atoms with Gasteiger partial charge in [-0.3, -0.25) is 4.79 Å². The molecule has 29 heavy (non-hydrogen) atoms. The van der Waals surface area contributed by atoms with Crippen LogP contribution in [0.1, 0.15) is 33.9 Å². The van der Waals surface area contributed by atoms with Crippen molar-refractivity contribution in [2.45, 2.75) is 26.4 Å². The van der Waals surface area contributed by atoms with Crippen molar-refractivity contribution in [2.75, 3.05) is 0 Å². The van der Waals surface area contributed by atoms with Crippen molar-refractivity contribution in [3.63, 3.8) is 0 Å². The molecule has 4 heteroatoms. The normalized spacial score (nSPS) is 16.6. The first-order chi connectivity index (χ1) is 13.9. The highest BCUT2D eigenvalue weighted by Gasteiger charge is 2.41. The van der Waals surface area contributed by atoms with E-state index in [4.69, 9.17) is 0 Å². The van der Waals surface area contributed by atoms with E-state index in [0.29, 0.717) is 12.1 Å². The molecule has 0 aliphatic carbocycles. The molecule has 0 radical (unpaired) electrons. The molecule has 1 amide bonds. The lowest BCUT2D eigenvalue weighted by Crippen LogP contribution is -2.29. The Morgan fingerprint density at radius 1 is 0.931 bits per heavy atom. The largest absolute Gasteiger partial charge is 0.503 e. The Morgan fingerprint density at radius 2 is 1.55 bits per heavy atom. The van der Waals surface area contributed by atoms with Crippen LogP contribution in [-0.2, 0) is 11.3 Å². The van der Waals surface area contributed by atoms with Crippen LogP contribution in [-0.4, -0.2) is 15.9 Å². The zero-order valence-corrected chi connectivity index (χ0v) is 18.0. The molecule has 3 aromatic carbocycles. The third-order valence-electron chi connectivity index (χ3n) is 5.30. The summed E-state index contributed by atoms with van der Waals surface area (Å²) in [6.45, 7) is 4.49. The van der Waals surface area contributed by atoms with Crippen LogP contribution in [0.4, 0.5) is 0 Å². The second kappa shape index (κ2) is 7.88. The number of carbonyl (C=O) groups excluding carboxylic acids is 1. The van der Waals surface area contributed by atoms with Gasteiger partial charge in [-0.15, -0.1) is 0 Å². The number of hydrogen-bond acceptors (Lipinski definition) is 2. The highest BCUT2D eigenvalue weighted by Crippen LogP contribution is 2.44. The summed E-state index contributed by atoms with van der Waals surface area (Å²) < 4.78 is 0.937. The van der Waals surface area contributed by atoms with Gasteiger partial charge in [0.1, 0.15) is 0 Å². The van der Waals surface area contributed by atoms with Crippen molar-refractivity contribution in [1.29, 1.82) is 0 Å². The molecule has 3 nitrogen and oxygen atoms in total. The minimum Gasteiger partial charge on any atom is -0.503 e. The molecule has 3 aromatic rings. The van der Waals surface area contributed by atoms with Crippen LogP contribution >= 0.6 is 15.9 Å². The summed E-state index contributed by atoms with van der Waals surface area (Å²) in [5, 5.41) is 10.9. The van der Waals surface area contributed by atoms with Gasteiger partial charge in [-0.05, 0) is 42.7 Å². The van der Waals surface area contributed by atoms with E-state index in [1.807, 2.05) is 86.6 Å². The second-order valence-corrected chi connectivity index (χ2v) is 8.42. The predicted octanol–water partition coefficient (Wildman–Crippen LogP) is 6.12. The lowest BCUT2D eigenvalue weighted by atomic mass is 9.93. The number of nitrogens with zero attached hydrogens (tertiary/aromatic N) is 1. The van der Waals surface area contributed by atoms with E-state index in [1.165, 1.54) is 5.56 Å². The number of halogens is 1. The number of aliphatic hydroxyl groups is 1. The van der Waals surface area contributed by atoms with Crippen molar-refractivity contribution in [2.24, 2.45) is 0 Å². The molecular formula is C25H22BrNO2. The molecule has 0 fully saturated rings. The summed E-state index contributed by atoms with van der Waals surface area (Å²) in [6.07, 6.45) is 0. The topological polar surface area (TPSA) is 40.5 Å². The van der Waals surface area contributed by atoms with Gasteiger partial charge in [0.05, 0.1) is 6.04 Å². The van der Waals surface area contributed by atoms with Gasteiger partial charge in [-0.1, -0.05) is 87.7 Å². The smallest absolute Gasteiger partial charge is 0.290 e. The molecule has 1 N–H and O–H groups in total. The summed E-state index contributed by atoms with van der Waals surface area (Å²) in [7, 11) is 0. The molecule has 0 saturated heterocycles. The third kappa shape index (κ3) is 3.85. The Morgan fingerprint density at radius 3 is 2.17 bits per heavy atom. The first-order valence-electron chi connectivity index (χ1n) is 9.56. The number of rotatable bonds is 4.